The normalized spacial score (nSPS) is 26.0. The van der Waals surface area contributed by atoms with Gasteiger partial charge in [0.2, 0.25) is 0 Å². The fourth-order valence-corrected chi connectivity index (χ4v) is 3.89. The van der Waals surface area contributed by atoms with Crippen LogP contribution in [0.1, 0.15) is 12.8 Å². The molecule has 134 valence electrons. The molecule has 0 aromatic carbocycles. The van der Waals surface area contributed by atoms with Gasteiger partial charge in [0, 0.05) is 51.2 Å². The summed E-state index contributed by atoms with van der Waals surface area (Å²) in [6, 6.07) is 0. The molecule has 0 spiro atoms. The maximum absolute atomic E-state index is 9.79. The fraction of sp³-hybridized carbons (Fsp3) is 0.765. The first-order valence-electron chi connectivity index (χ1n) is 8.79. The summed E-state index contributed by atoms with van der Waals surface area (Å²) in [7, 11) is 1.61. The van der Waals surface area contributed by atoms with Crippen molar-refractivity contribution in [3.63, 3.8) is 0 Å². The van der Waals surface area contributed by atoms with Crippen LogP contribution < -0.4 is 9.64 Å². The third kappa shape index (κ3) is 3.79. The summed E-state index contributed by atoms with van der Waals surface area (Å²) in [6.45, 7) is 5.20. The van der Waals surface area contributed by atoms with Gasteiger partial charge in [-0.3, -0.25) is 0 Å². The van der Waals surface area contributed by atoms with Crippen molar-refractivity contribution in [1.29, 1.82) is 0 Å². The number of rotatable bonds is 6. The van der Waals surface area contributed by atoms with Crippen LogP contribution in [0.3, 0.4) is 0 Å². The molecule has 2 aliphatic heterocycles. The zero-order valence-electron chi connectivity index (χ0n) is 14.3. The molecule has 2 saturated heterocycles. The van der Waals surface area contributed by atoms with Gasteiger partial charge in [-0.2, -0.15) is 0 Å². The summed E-state index contributed by atoms with van der Waals surface area (Å²) in [5, 5.41) is 19.1. The molecule has 0 amide bonds. The summed E-state index contributed by atoms with van der Waals surface area (Å²) >= 11 is 0. The van der Waals surface area contributed by atoms with Crippen molar-refractivity contribution >= 4 is 5.82 Å². The van der Waals surface area contributed by atoms with E-state index < -0.39 is 0 Å². The summed E-state index contributed by atoms with van der Waals surface area (Å²) in [5.74, 6) is 2.41. The second-order valence-electron chi connectivity index (χ2n) is 6.92. The van der Waals surface area contributed by atoms with E-state index in [2.05, 4.69) is 19.8 Å². The minimum Gasteiger partial charge on any atom is -0.478 e. The lowest BCUT2D eigenvalue weighted by atomic mass is 9.93. The largest absolute Gasteiger partial charge is 0.478 e. The molecule has 0 aliphatic carbocycles. The van der Waals surface area contributed by atoms with E-state index in [0.29, 0.717) is 24.3 Å². The van der Waals surface area contributed by atoms with E-state index >= 15 is 0 Å². The van der Waals surface area contributed by atoms with Gasteiger partial charge in [0.05, 0.1) is 7.11 Å². The second kappa shape index (κ2) is 8.09. The van der Waals surface area contributed by atoms with Crippen LogP contribution in [-0.2, 0) is 0 Å². The highest BCUT2D eigenvalue weighted by Gasteiger charge is 2.36. The maximum atomic E-state index is 9.79. The Hall–Kier alpha value is -1.44. The molecule has 7 heteroatoms. The molecule has 1 aromatic rings. The molecule has 0 unspecified atom stereocenters. The molecule has 24 heavy (non-hydrogen) atoms. The summed E-state index contributed by atoms with van der Waals surface area (Å²) in [6.07, 6.45) is 5.44. The Bertz CT molecular complexity index is 522. The lowest BCUT2D eigenvalue weighted by Gasteiger charge is -2.33. The summed E-state index contributed by atoms with van der Waals surface area (Å²) in [5.41, 5.74) is 0. The van der Waals surface area contributed by atoms with Crippen LogP contribution in [0.15, 0.2) is 12.4 Å². The number of ether oxygens (including phenoxy) is 1. The predicted octanol–water partition coefficient (Wildman–Crippen LogP) is 0.234. The number of methoxy groups -OCH3 is 1. The van der Waals surface area contributed by atoms with Gasteiger partial charge >= 0.3 is 0 Å². The number of aliphatic hydroxyl groups excluding tert-OH is 2. The van der Waals surface area contributed by atoms with Crippen molar-refractivity contribution < 1.29 is 14.9 Å². The summed E-state index contributed by atoms with van der Waals surface area (Å²) < 4.78 is 5.32. The minimum absolute atomic E-state index is 0.191. The molecular formula is C17H28N4O3. The van der Waals surface area contributed by atoms with Crippen molar-refractivity contribution in [3.05, 3.63) is 12.4 Å². The molecule has 3 rings (SSSR count). The van der Waals surface area contributed by atoms with Crippen molar-refractivity contribution in [3.8, 4) is 5.88 Å². The van der Waals surface area contributed by atoms with Gasteiger partial charge in [-0.05, 0) is 37.8 Å². The number of aromatic nitrogens is 2. The number of anilines is 1. The Labute approximate surface area is 143 Å². The molecule has 2 N–H and O–H groups in total. The Balaban J connectivity index is 1.62. The van der Waals surface area contributed by atoms with Crippen LogP contribution in [0, 0.1) is 17.8 Å². The van der Waals surface area contributed by atoms with E-state index in [1.807, 2.05) is 0 Å². The van der Waals surface area contributed by atoms with E-state index in [0.717, 1.165) is 51.4 Å². The highest BCUT2D eigenvalue weighted by Crippen LogP contribution is 2.32. The van der Waals surface area contributed by atoms with Gasteiger partial charge in [-0.1, -0.05) is 0 Å². The highest BCUT2D eigenvalue weighted by molar-refractivity contribution is 5.49. The van der Waals surface area contributed by atoms with E-state index in [9.17, 15) is 10.2 Å². The van der Waals surface area contributed by atoms with Crippen molar-refractivity contribution in [2.24, 2.45) is 17.8 Å². The van der Waals surface area contributed by atoms with Crippen molar-refractivity contribution in [1.82, 2.24) is 14.9 Å². The topological polar surface area (TPSA) is 82.0 Å². The van der Waals surface area contributed by atoms with Crippen LogP contribution in [0.25, 0.3) is 0 Å². The van der Waals surface area contributed by atoms with E-state index in [1.165, 1.54) is 0 Å². The maximum Gasteiger partial charge on any atom is 0.257 e. The zero-order chi connectivity index (χ0) is 16.9. The number of piperidine rings is 1. The monoisotopic (exact) mass is 336 g/mol. The average molecular weight is 336 g/mol. The van der Waals surface area contributed by atoms with Gasteiger partial charge in [0.1, 0.15) is 0 Å². The number of hydrogen-bond donors (Lipinski definition) is 2. The Kier molecular flexibility index (Phi) is 5.86. The molecule has 7 nitrogen and oxygen atoms in total. The fourth-order valence-electron chi connectivity index (χ4n) is 3.89. The standard InChI is InChI=1S/C17H28N4O3/c1-24-17-16(18-4-5-19-17)21-9-14(15(10-21)12-23)8-20-6-2-13(11-22)3-7-20/h4-5,13-15,22-23H,2-3,6-12H2,1H3/t14-,15-/m0/s1. The van der Waals surface area contributed by atoms with Crippen molar-refractivity contribution in [2.45, 2.75) is 12.8 Å². The number of likely N-dealkylation sites (tertiary alicyclic amines) is 1. The first-order chi connectivity index (χ1) is 11.7. The SMILES string of the molecule is COc1nccnc1N1C[C@@H](CO)[C@@H](CN2CCC(CO)CC2)C1. The molecule has 3 heterocycles. The Morgan fingerprint density at radius 3 is 2.46 bits per heavy atom. The molecule has 2 atom stereocenters. The first kappa shape index (κ1) is 17.4. The van der Waals surface area contributed by atoms with Crippen LogP contribution in [-0.4, -0.2) is 78.1 Å². The molecule has 0 bridgehead atoms. The Morgan fingerprint density at radius 2 is 1.79 bits per heavy atom. The molecule has 0 radical (unpaired) electrons. The lowest BCUT2D eigenvalue weighted by molar-refractivity contribution is 0.106. The quantitative estimate of drug-likeness (QED) is 0.770. The predicted molar refractivity (Wildman–Crippen MR) is 91.1 cm³/mol. The van der Waals surface area contributed by atoms with E-state index in [1.54, 1.807) is 19.5 Å². The molecule has 2 aliphatic rings. The third-order valence-electron chi connectivity index (χ3n) is 5.41. The zero-order valence-corrected chi connectivity index (χ0v) is 14.3. The first-order valence-corrected chi connectivity index (χ1v) is 8.79. The second-order valence-corrected chi connectivity index (χ2v) is 6.92. The van der Waals surface area contributed by atoms with Gasteiger partial charge in [0.15, 0.2) is 5.82 Å². The molecule has 0 saturated carbocycles. The van der Waals surface area contributed by atoms with Crippen LogP contribution >= 0.6 is 0 Å². The highest BCUT2D eigenvalue weighted by atomic mass is 16.5. The van der Waals surface area contributed by atoms with E-state index in [4.69, 9.17) is 4.74 Å². The third-order valence-corrected chi connectivity index (χ3v) is 5.41. The molecule has 1 aromatic heterocycles. The van der Waals surface area contributed by atoms with Gasteiger partial charge in [-0.25, -0.2) is 9.97 Å². The van der Waals surface area contributed by atoms with E-state index in [-0.39, 0.29) is 12.5 Å². The van der Waals surface area contributed by atoms with Crippen molar-refractivity contribution in [2.75, 3.05) is 57.9 Å². The number of hydrogen-bond acceptors (Lipinski definition) is 7. The number of aliphatic hydroxyl groups is 2. The minimum atomic E-state index is 0.191. The molecular weight excluding hydrogens is 308 g/mol. The van der Waals surface area contributed by atoms with Crippen LogP contribution in [0.4, 0.5) is 5.82 Å². The van der Waals surface area contributed by atoms with Crippen LogP contribution in [0.2, 0.25) is 0 Å². The van der Waals surface area contributed by atoms with Gasteiger partial charge < -0.3 is 24.7 Å². The summed E-state index contributed by atoms with van der Waals surface area (Å²) in [4.78, 5) is 13.3. The average Bonchev–Trinajstić information content (AvgIpc) is 3.05. The lowest BCUT2D eigenvalue weighted by Crippen LogP contribution is -2.40. The number of nitrogens with zero attached hydrogens (tertiary/aromatic N) is 4. The van der Waals surface area contributed by atoms with Gasteiger partial charge in [0.25, 0.3) is 5.88 Å². The smallest absolute Gasteiger partial charge is 0.257 e. The van der Waals surface area contributed by atoms with Crippen LogP contribution in [0.5, 0.6) is 5.88 Å². The molecule has 2 fully saturated rings. The Morgan fingerprint density at radius 1 is 1.08 bits per heavy atom. The van der Waals surface area contributed by atoms with Gasteiger partial charge in [-0.15, -0.1) is 0 Å².